The summed E-state index contributed by atoms with van der Waals surface area (Å²) in [7, 11) is 0. The minimum atomic E-state index is 0.436. The zero-order chi connectivity index (χ0) is 16.5. The third-order valence-electron chi connectivity index (χ3n) is 2.88. The Labute approximate surface area is 141 Å². The van der Waals surface area contributed by atoms with Crippen LogP contribution in [-0.2, 0) is 0 Å². The third-order valence-corrected chi connectivity index (χ3v) is 3.07. The molecule has 0 saturated carbocycles. The fourth-order valence-corrected chi connectivity index (χ4v) is 2.06. The second-order valence-corrected chi connectivity index (χ2v) is 5.27. The molecule has 4 nitrogen and oxygen atoms in total. The van der Waals surface area contributed by atoms with Gasteiger partial charge in [-0.1, -0.05) is 36.9 Å². The van der Waals surface area contributed by atoms with E-state index in [1.807, 2.05) is 55.5 Å². The molecule has 0 heterocycles. The SMILES string of the molecule is C=CCOc1cccc(C=NNC(=S)Nc2cccc(C)c2)c1. The molecular formula is C18H19N3OS. The van der Waals surface area contributed by atoms with Crippen molar-refractivity contribution in [3.8, 4) is 5.75 Å². The number of aryl methyl sites for hydroxylation is 1. The molecule has 23 heavy (non-hydrogen) atoms. The Bertz CT molecular complexity index is 713. The van der Waals surface area contributed by atoms with Gasteiger partial charge in [0, 0.05) is 5.69 Å². The van der Waals surface area contributed by atoms with Crippen LogP contribution in [0.15, 0.2) is 66.3 Å². The van der Waals surface area contributed by atoms with Gasteiger partial charge in [-0.2, -0.15) is 5.10 Å². The molecule has 2 rings (SSSR count). The highest BCUT2D eigenvalue weighted by Gasteiger charge is 1.97. The van der Waals surface area contributed by atoms with Crippen LogP contribution in [-0.4, -0.2) is 17.9 Å². The second kappa shape index (κ2) is 8.70. The summed E-state index contributed by atoms with van der Waals surface area (Å²) in [6, 6.07) is 15.6. The van der Waals surface area contributed by atoms with Crippen LogP contribution in [0.4, 0.5) is 5.69 Å². The van der Waals surface area contributed by atoms with Crippen LogP contribution in [0.3, 0.4) is 0 Å². The van der Waals surface area contributed by atoms with Crippen molar-refractivity contribution in [2.24, 2.45) is 5.10 Å². The molecule has 0 aromatic heterocycles. The number of nitrogens with one attached hydrogen (secondary N) is 2. The van der Waals surface area contributed by atoms with Crippen molar-refractivity contribution in [1.29, 1.82) is 0 Å². The van der Waals surface area contributed by atoms with Crippen LogP contribution >= 0.6 is 12.2 Å². The molecule has 0 radical (unpaired) electrons. The van der Waals surface area contributed by atoms with Gasteiger partial charge in [-0.25, -0.2) is 0 Å². The lowest BCUT2D eigenvalue weighted by molar-refractivity contribution is 0.363. The van der Waals surface area contributed by atoms with Crippen molar-refractivity contribution in [3.63, 3.8) is 0 Å². The predicted molar refractivity (Wildman–Crippen MR) is 100 cm³/mol. The van der Waals surface area contributed by atoms with Crippen LogP contribution in [0.2, 0.25) is 0 Å². The monoisotopic (exact) mass is 325 g/mol. The van der Waals surface area contributed by atoms with E-state index in [0.29, 0.717) is 11.7 Å². The van der Waals surface area contributed by atoms with E-state index in [1.165, 1.54) is 0 Å². The van der Waals surface area contributed by atoms with Crippen molar-refractivity contribution >= 4 is 29.2 Å². The number of nitrogens with zero attached hydrogens (tertiary/aromatic N) is 1. The first-order valence-corrected chi connectivity index (χ1v) is 7.58. The maximum absolute atomic E-state index is 5.48. The van der Waals surface area contributed by atoms with E-state index < -0.39 is 0 Å². The molecule has 2 aromatic rings. The van der Waals surface area contributed by atoms with Crippen LogP contribution in [0.5, 0.6) is 5.75 Å². The molecule has 0 fully saturated rings. The van der Waals surface area contributed by atoms with Crippen LogP contribution in [0, 0.1) is 6.92 Å². The highest BCUT2D eigenvalue weighted by atomic mass is 32.1. The smallest absolute Gasteiger partial charge is 0.191 e. The van der Waals surface area contributed by atoms with Gasteiger partial charge in [0.25, 0.3) is 0 Å². The average molecular weight is 325 g/mol. The fraction of sp³-hybridized carbons (Fsp3) is 0.111. The minimum absolute atomic E-state index is 0.436. The van der Waals surface area contributed by atoms with Gasteiger partial charge in [-0.05, 0) is 54.5 Å². The van der Waals surface area contributed by atoms with E-state index in [0.717, 1.165) is 22.6 Å². The minimum Gasteiger partial charge on any atom is -0.490 e. The number of ether oxygens (including phenoxy) is 1. The summed E-state index contributed by atoms with van der Waals surface area (Å²) in [6.07, 6.45) is 3.39. The van der Waals surface area contributed by atoms with Gasteiger partial charge in [0.1, 0.15) is 12.4 Å². The largest absolute Gasteiger partial charge is 0.490 e. The molecule has 0 unspecified atom stereocenters. The normalized spacial score (nSPS) is 10.3. The van der Waals surface area contributed by atoms with E-state index in [1.54, 1.807) is 12.3 Å². The van der Waals surface area contributed by atoms with E-state index in [2.05, 4.69) is 22.4 Å². The highest BCUT2D eigenvalue weighted by Crippen LogP contribution is 2.12. The Morgan fingerprint density at radius 3 is 2.87 bits per heavy atom. The zero-order valence-corrected chi connectivity index (χ0v) is 13.8. The van der Waals surface area contributed by atoms with Crippen molar-refractivity contribution in [1.82, 2.24) is 5.43 Å². The molecule has 2 aromatic carbocycles. The average Bonchev–Trinajstić information content (AvgIpc) is 2.53. The summed E-state index contributed by atoms with van der Waals surface area (Å²) in [4.78, 5) is 0. The van der Waals surface area contributed by atoms with Gasteiger partial charge in [0.05, 0.1) is 6.21 Å². The molecule has 2 N–H and O–H groups in total. The molecule has 0 saturated heterocycles. The number of benzene rings is 2. The van der Waals surface area contributed by atoms with Gasteiger partial charge < -0.3 is 10.1 Å². The van der Waals surface area contributed by atoms with E-state index in [4.69, 9.17) is 17.0 Å². The predicted octanol–water partition coefficient (Wildman–Crippen LogP) is 3.88. The van der Waals surface area contributed by atoms with Gasteiger partial charge in [0.2, 0.25) is 0 Å². The lowest BCUT2D eigenvalue weighted by atomic mass is 10.2. The van der Waals surface area contributed by atoms with Crippen LogP contribution in [0.1, 0.15) is 11.1 Å². The maximum atomic E-state index is 5.48. The molecule has 0 bridgehead atoms. The summed E-state index contributed by atoms with van der Waals surface area (Å²) < 4.78 is 5.48. The molecule has 5 heteroatoms. The number of hydrogen-bond acceptors (Lipinski definition) is 3. The molecule has 118 valence electrons. The topological polar surface area (TPSA) is 45.6 Å². The number of hydrazone groups is 1. The summed E-state index contributed by atoms with van der Waals surface area (Å²) in [5, 5.41) is 7.64. The van der Waals surface area contributed by atoms with E-state index in [9.17, 15) is 0 Å². The zero-order valence-electron chi connectivity index (χ0n) is 13.0. The quantitative estimate of drug-likeness (QED) is 0.366. The fourth-order valence-electron chi connectivity index (χ4n) is 1.89. The molecule has 0 atom stereocenters. The molecule has 0 aliphatic heterocycles. The standard InChI is InChI=1S/C18H19N3OS/c1-3-10-22-17-9-5-7-15(12-17)13-19-21-18(23)20-16-8-4-6-14(2)11-16/h3-9,11-13H,1,10H2,2H3,(H2,20,21,23). The Morgan fingerprint density at radius 2 is 2.09 bits per heavy atom. The van der Waals surface area contributed by atoms with E-state index in [-0.39, 0.29) is 0 Å². The van der Waals surface area contributed by atoms with Crippen molar-refractivity contribution in [2.75, 3.05) is 11.9 Å². The first kappa shape index (κ1) is 16.7. The molecule has 0 aliphatic rings. The molecule has 0 spiro atoms. The molecular weight excluding hydrogens is 306 g/mol. The lowest BCUT2D eigenvalue weighted by Gasteiger charge is -2.07. The Morgan fingerprint density at radius 1 is 1.26 bits per heavy atom. The number of anilines is 1. The Kier molecular flexibility index (Phi) is 6.32. The Hall–Kier alpha value is -2.66. The maximum Gasteiger partial charge on any atom is 0.191 e. The summed E-state index contributed by atoms with van der Waals surface area (Å²) in [6.45, 7) is 6.13. The number of rotatable bonds is 6. The lowest BCUT2D eigenvalue weighted by Crippen LogP contribution is -2.23. The van der Waals surface area contributed by atoms with Crippen LogP contribution in [0.25, 0.3) is 0 Å². The number of hydrogen-bond donors (Lipinski definition) is 2. The van der Waals surface area contributed by atoms with Gasteiger partial charge in [-0.15, -0.1) is 0 Å². The van der Waals surface area contributed by atoms with Crippen LogP contribution < -0.4 is 15.5 Å². The molecule has 0 aliphatic carbocycles. The summed E-state index contributed by atoms with van der Waals surface area (Å²) in [5.41, 5.74) is 5.80. The van der Waals surface area contributed by atoms with E-state index >= 15 is 0 Å². The van der Waals surface area contributed by atoms with Gasteiger partial charge in [-0.3, -0.25) is 5.43 Å². The third kappa shape index (κ3) is 5.92. The first-order chi connectivity index (χ1) is 11.2. The second-order valence-electron chi connectivity index (χ2n) is 4.87. The summed E-state index contributed by atoms with van der Waals surface area (Å²) >= 11 is 5.21. The summed E-state index contributed by atoms with van der Waals surface area (Å²) in [5.74, 6) is 0.773. The first-order valence-electron chi connectivity index (χ1n) is 7.18. The van der Waals surface area contributed by atoms with Crippen molar-refractivity contribution in [2.45, 2.75) is 6.92 Å². The number of thiocarbonyl (C=S) groups is 1. The van der Waals surface area contributed by atoms with Crippen molar-refractivity contribution in [3.05, 3.63) is 72.3 Å². The van der Waals surface area contributed by atoms with Crippen molar-refractivity contribution < 1.29 is 4.74 Å². The molecule has 0 amide bonds. The Balaban J connectivity index is 1.88. The van der Waals surface area contributed by atoms with Gasteiger partial charge in [0.15, 0.2) is 5.11 Å². The highest BCUT2D eigenvalue weighted by molar-refractivity contribution is 7.80. The van der Waals surface area contributed by atoms with Gasteiger partial charge >= 0.3 is 0 Å².